The van der Waals surface area contributed by atoms with Gasteiger partial charge >= 0.3 is 0 Å². The molecule has 0 fully saturated rings. The van der Waals surface area contributed by atoms with Crippen molar-refractivity contribution in [3.05, 3.63) is 53.6 Å². The second-order valence-corrected chi connectivity index (χ2v) is 7.04. The molecule has 1 N–H and O–H groups in total. The Morgan fingerprint density at radius 1 is 0.962 bits per heavy atom. The third-order valence-corrected chi connectivity index (χ3v) is 4.52. The van der Waals surface area contributed by atoms with Crippen molar-refractivity contribution in [3.8, 4) is 11.5 Å². The highest BCUT2D eigenvalue weighted by Gasteiger charge is 2.19. The van der Waals surface area contributed by atoms with E-state index in [0.29, 0.717) is 0 Å². The first-order valence-electron chi connectivity index (χ1n) is 9.38. The molecule has 1 atom stereocenters. The fourth-order valence-electron chi connectivity index (χ4n) is 3.23. The van der Waals surface area contributed by atoms with Crippen LogP contribution in [0.4, 0.5) is 5.69 Å². The molecule has 0 bridgehead atoms. The van der Waals surface area contributed by atoms with Gasteiger partial charge in [0, 0.05) is 5.69 Å². The van der Waals surface area contributed by atoms with Crippen LogP contribution in [-0.2, 0) is 17.6 Å². The van der Waals surface area contributed by atoms with Crippen LogP contribution < -0.4 is 14.8 Å². The van der Waals surface area contributed by atoms with Gasteiger partial charge in [-0.05, 0) is 87.9 Å². The zero-order chi connectivity index (χ0) is 18.5. The van der Waals surface area contributed by atoms with E-state index in [1.807, 2.05) is 50.2 Å². The molecular weight excluding hydrogens is 326 g/mol. The predicted octanol–water partition coefficient (Wildman–Crippen LogP) is 4.76. The maximum atomic E-state index is 12.5. The maximum Gasteiger partial charge on any atom is 0.265 e. The number of anilines is 1. The Balaban J connectivity index is 1.62. The molecule has 138 valence electrons. The molecule has 2 aromatic carbocycles. The first kappa shape index (κ1) is 18.3. The summed E-state index contributed by atoms with van der Waals surface area (Å²) in [6.45, 7) is 5.75. The van der Waals surface area contributed by atoms with Crippen LogP contribution in [0, 0.1) is 0 Å². The summed E-state index contributed by atoms with van der Waals surface area (Å²) in [7, 11) is 0. The van der Waals surface area contributed by atoms with Crippen LogP contribution >= 0.6 is 0 Å². The van der Waals surface area contributed by atoms with E-state index in [1.54, 1.807) is 6.92 Å². The highest BCUT2D eigenvalue weighted by atomic mass is 16.5. The van der Waals surface area contributed by atoms with Gasteiger partial charge in [0.05, 0.1) is 6.10 Å². The Morgan fingerprint density at radius 2 is 1.69 bits per heavy atom. The molecule has 0 radical (unpaired) electrons. The molecule has 26 heavy (non-hydrogen) atoms. The van der Waals surface area contributed by atoms with Gasteiger partial charge in [0.25, 0.3) is 5.91 Å². The standard InChI is InChI=1S/C22H27NO3/c1-15(2)25-19-13-11-18(12-14-19)23-22(24)16(3)26-21-10-6-8-17-7-4-5-9-20(17)21/h6,8,10-16H,4-5,7,9H2,1-3H3,(H,23,24). The van der Waals surface area contributed by atoms with Gasteiger partial charge in [-0.3, -0.25) is 4.79 Å². The van der Waals surface area contributed by atoms with E-state index in [1.165, 1.54) is 24.0 Å². The van der Waals surface area contributed by atoms with Crippen molar-refractivity contribution in [2.24, 2.45) is 0 Å². The van der Waals surface area contributed by atoms with Crippen LogP contribution in [0.3, 0.4) is 0 Å². The number of rotatable bonds is 6. The lowest BCUT2D eigenvalue weighted by atomic mass is 9.91. The van der Waals surface area contributed by atoms with E-state index in [4.69, 9.17) is 9.47 Å². The molecule has 0 saturated carbocycles. The van der Waals surface area contributed by atoms with E-state index in [0.717, 1.165) is 30.0 Å². The Bertz CT molecular complexity index is 752. The first-order chi connectivity index (χ1) is 12.5. The van der Waals surface area contributed by atoms with E-state index in [-0.39, 0.29) is 12.0 Å². The summed E-state index contributed by atoms with van der Waals surface area (Å²) in [6, 6.07) is 13.5. The molecule has 4 heteroatoms. The lowest BCUT2D eigenvalue weighted by Crippen LogP contribution is -2.30. The van der Waals surface area contributed by atoms with Crippen molar-refractivity contribution in [1.29, 1.82) is 0 Å². The number of benzene rings is 2. The lowest BCUT2D eigenvalue weighted by molar-refractivity contribution is -0.122. The molecule has 1 aliphatic rings. The van der Waals surface area contributed by atoms with Crippen LogP contribution in [-0.4, -0.2) is 18.1 Å². The Hall–Kier alpha value is -2.49. The minimum Gasteiger partial charge on any atom is -0.491 e. The molecule has 0 spiro atoms. The van der Waals surface area contributed by atoms with Crippen LogP contribution in [0.25, 0.3) is 0 Å². The van der Waals surface area contributed by atoms with E-state index < -0.39 is 6.10 Å². The molecular formula is C22H27NO3. The normalized spacial score (nSPS) is 14.5. The molecule has 1 aliphatic carbocycles. The molecule has 4 nitrogen and oxygen atoms in total. The molecule has 0 aromatic heterocycles. The van der Waals surface area contributed by atoms with Gasteiger partial charge in [-0.15, -0.1) is 0 Å². The zero-order valence-corrected chi connectivity index (χ0v) is 15.7. The minimum absolute atomic E-state index is 0.126. The van der Waals surface area contributed by atoms with Crippen molar-refractivity contribution in [2.45, 2.75) is 58.7 Å². The molecule has 0 saturated heterocycles. The summed E-state index contributed by atoms with van der Waals surface area (Å²) in [5, 5.41) is 2.90. The summed E-state index contributed by atoms with van der Waals surface area (Å²) in [4.78, 5) is 12.5. The van der Waals surface area contributed by atoms with Crippen molar-refractivity contribution in [3.63, 3.8) is 0 Å². The fraction of sp³-hybridized carbons (Fsp3) is 0.409. The summed E-state index contributed by atoms with van der Waals surface area (Å²) in [5.74, 6) is 1.47. The van der Waals surface area contributed by atoms with Gasteiger partial charge in [-0.1, -0.05) is 12.1 Å². The van der Waals surface area contributed by atoms with Crippen LogP contribution in [0.15, 0.2) is 42.5 Å². The number of amides is 1. The average molecular weight is 353 g/mol. The molecule has 0 heterocycles. The van der Waals surface area contributed by atoms with Crippen molar-refractivity contribution >= 4 is 11.6 Å². The van der Waals surface area contributed by atoms with Crippen LogP contribution in [0.1, 0.15) is 44.7 Å². The molecule has 3 rings (SSSR count). The minimum atomic E-state index is -0.560. The maximum absolute atomic E-state index is 12.5. The van der Waals surface area contributed by atoms with Gasteiger partial charge < -0.3 is 14.8 Å². The van der Waals surface area contributed by atoms with Gasteiger partial charge in [0.1, 0.15) is 11.5 Å². The van der Waals surface area contributed by atoms with E-state index in [2.05, 4.69) is 11.4 Å². The molecule has 1 unspecified atom stereocenters. The Kier molecular flexibility index (Phi) is 5.82. The topological polar surface area (TPSA) is 47.6 Å². The number of carbonyl (C=O) groups excluding carboxylic acids is 1. The first-order valence-corrected chi connectivity index (χ1v) is 9.38. The van der Waals surface area contributed by atoms with Gasteiger partial charge in [0.2, 0.25) is 0 Å². The predicted molar refractivity (Wildman–Crippen MR) is 104 cm³/mol. The van der Waals surface area contributed by atoms with Crippen LogP contribution in [0.2, 0.25) is 0 Å². The number of fused-ring (bicyclic) bond motifs is 1. The fourth-order valence-corrected chi connectivity index (χ4v) is 3.23. The highest BCUT2D eigenvalue weighted by Crippen LogP contribution is 2.30. The SMILES string of the molecule is CC(C)Oc1ccc(NC(=O)C(C)Oc2cccc3c2CCCC3)cc1. The number of hydrogen-bond donors (Lipinski definition) is 1. The number of carbonyl (C=O) groups is 1. The summed E-state index contributed by atoms with van der Waals surface area (Å²) < 4.78 is 11.6. The summed E-state index contributed by atoms with van der Waals surface area (Å²) in [6.07, 6.45) is 4.09. The third kappa shape index (κ3) is 4.57. The average Bonchev–Trinajstić information content (AvgIpc) is 2.63. The Labute approximate surface area is 155 Å². The van der Waals surface area contributed by atoms with E-state index in [9.17, 15) is 4.79 Å². The quantitative estimate of drug-likeness (QED) is 0.814. The van der Waals surface area contributed by atoms with Gasteiger partial charge in [0.15, 0.2) is 6.10 Å². The second kappa shape index (κ2) is 8.26. The van der Waals surface area contributed by atoms with Crippen molar-refractivity contribution in [1.82, 2.24) is 0 Å². The van der Waals surface area contributed by atoms with E-state index >= 15 is 0 Å². The van der Waals surface area contributed by atoms with Crippen molar-refractivity contribution < 1.29 is 14.3 Å². The Morgan fingerprint density at radius 3 is 2.42 bits per heavy atom. The lowest BCUT2D eigenvalue weighted by Gasteiger charge is -2.22. The largest absolute Gasteiger partial charge is 0.491 e. The third-order valence-electron chi connectivity index (χ3n) is 4.52. The van der Waals surface area contributed by atoms with Crippen LogP contribution in [0.5, 0.6) is 11.5 Å². The number of nitrogens with one attached hydrogen (secondary N) is 1. The molecule has 0 aliphatic heterocycles. The van der Waals surface area contributed by atoms with Crippen molar-refractivity contribution in [2.75, 3.05) is 5.32 Å². The molecule has 1 amide bonds. The number of ether oxygens (including phenoxy) is 2. The van der Waals surface area contributed by atoms with Gasteiger partial charge in [-0.25, -0.2) is 0 Å². The number of hydrogen-bond acceptors (Lipinski definition) is 3. The summed E-state index contributed by atoms with van der Waals surface area (Å²) in [5.41, 5.74) is 3.34. The van der Waals surface area contributed by atoms with Gasteiger partial charge in [-0.2, -0.15) is 0 Å². The number of aryl methyl sites for hydroxylation is 1. The molecule has 2 aromatic rings. The summed E-state index contributed by atoms with van der Waals surface area (Å²) >= 11 is 0. The monoisotopic (exact) mass is 353 g/mol. The smallest absolute Gasteiger partial charge is 0.265 e. The highest BCUT2D eigenvalue weighted by molar-refractivity contribution is 5.94. The second-order valence-electron chi connectivity index (χ2n) is 7.04. The zero-order valence-electron chi connectivity index (χ0n) is 15.7.